The van der Waals surface area contributed by atoms with Gasteiger partial charge >= 0.3 is 0 Å². The Bertz CT molecular complexity index is 762. The molecule has 0 radical (unpaired) electrons. The van der Waals surface area contributed by atoms with Crippen molar-refractivity contribution in [2.24, 2.45) is 0 Å². The van der Waals surface area contributed by atoms with Crippen LogP contribution in [0.25, 0.3) is 0 Å². The lowest BCUT2D eigenvalue weighted by Gasteiger charge is -2.09. The molecule has 0 aliphatic heterocycles. The van der Waals surface area contributed by atoms with E-state index in [2.05, 4.69) is 4.72 Å². The van der Waals surface area contributed by atoms with Crippen LogP contribution in [-0.4, -0.2) is 20.1 Å². The number of sulfonamides is 1. The molecule has 0 aliphatic rings. The first-order chi connectivity index (χ1) is 10.1. The summed E-state index contributed by atoms with van der Waals surface area (Å²) in [5.41, 5.74) is 1.42. The molecule has 2 aromatic rings. The third-order valence-corrected chi connectivity index (χ3v) is 4.34. The van der Waals surface area contributed by atoms with E-state index in [1.54, 1.807) is 36.4 Å². The molecule has 0 atom stereocenters. The number of aliphatic hydroxyl groups is 1. The fourth-order valence-corrected chi connectivity index (χ4v) is 3.09. The predicted octanol–water partition coefficient (Wildman–Crippen LogP) is 1.89. The van der Waals surface area contributed by atoms with Gasteiger partial charge in [-0.05, 0) is 36.2 Å². The maximum atomic E-state index is 12.3. The smallest absolute Gasteiger partial charge is 0.263 e. The molecule has 108 valence electrons. The van der Waals surface area contributed by atoms with Gasteiger partial charge in [-0.15, -0.1) is 0 Å². The summed E-state index contributed by atoms with van der Waals surface area (Å²) < 4.78 is 27.0. The molecule has 0 heterocycles. The highest BCUT2D eigenvalue weighted by Gasteiger charge is 2.18. The number of aliphatic hydroxyl groups excluding tert-OH is 1. The number of rotatable bonds is 5. The van der Waals surface area contributed by atoms with Crippen molar-refractivity contribution < 1.29 is 13.5 Å². The zero-order chi connectivity index (χ0) is 15.3. The zero-order valence-corrected chi connectivity index (χ0v) is 12.0. The second-order valence-electron chi connectivity index (χ2n) is 4.38. The SMILES string of the molecule is N#Cc1ccccc1S(=O)(=O)Nc1ccc(CCO)cc1. The molecule has 2 aromatic carbocycles. The third kappa shape index (κ3) is 3.60. The molecule has 0 fully saturated rings. The molecular weight excluding hydrogens is 288 g/mol. The molecule has 0 unspecified atom stereocenters. The minimum absolute atomic E-state index is 0.0423. The van der Waals surface area contributed by atoms with Crippen LogP contribution in [-0.2, 0) is 16.4 Å². The zero-order valence-electron chi connectivity index (χ0n) is 11.2. The van der Waals surface area contributed by atoms with Crippen molar-refractivity contribution in [1.82, 2.24) is 0 Å². The van der Waals surface area contributed by atoms with E-state index in [0.29, 0.717) is 12.1 Å². The normalized spacial score (nSPS) is 10.9. The van der Waals surface area contributed by atoms with Crippen LogP contribution in [0.2, 0.25) is 0 Å². The van der Waals surface area contributed by atoms with Crippen LogP contribution in [0.15, 0.2) is 53.4 Å². The maximum Gasteiger partial charge on any atom is 0.263 e. The van der Waals surface area contributed by atoms with Crippen molar-refractivity contribution in [2.75, 3.05) is 11.3 Å². The summed E-state index contributed by atoms with van der Waals surface area (Å²) >= 11 is 0. The van der Waals surface area contributed by atoms with Crippen LogP contribution in [0.3, 0.4) is 0 Å². The lowest BCUT2D eigenvalue weighted by Crippen LogP contribution is -2.14. The van der Waals surface area contributed by atoms with Crippen molar-refractivity contribution in [1.29, 1.82) is 5.26 Å². The van der Waals surface area contributed by atoms with Gasteiger partial charge in [0.2, 0.25) is 0 Å². The topological polar surface area (TPSA) is 90.2 Å². The van der Waals surface area contributed by atoms with Crippen LogP contribution in [0.4, 0.5) is 5.69 Å². The van der Waals surface area contributed by atoms with E-state index in [0.717, 1.165) is 5.56 Å². The highest BCUT2D eigenvalue weighted by Crippen LogP contribution is 2.19. The van der Waals surface area contributed by atoms with E-state index in [9.17, 15) is 8.42 Å². The fraction of sp³-hybridized carbons (Fsp3) is 0.133. The van der Waals surface area contributed by atoms with Gasteiger partial charge in [-0.1, -0.05) is 24.3 Å². The Morgan fingerprint density at radius 2 is 1.76 bits per heavy atom. The number of nitriles is 1. The van der Waals surface area contributed by atoms with Crippen LogP contribution in [0, 0.1) is 11.3 Å². The molecule has 2 rings (SSSR count). The van der Waals surface area contributed by atoms with Crippen molar-refractivity contribution >= 4 is 15.7 Å². The van der Waals surface area contributed by atoms with Gasteiger partial charge in [0, 0.05) is 12.3 Å². The summed E-state index contributed by atoms with van der Waals surface area (Å²) in [6.07, 6.45) is 0.518. The van der Waals surface area contributed by atoms with Gasteiger partial charge in [0.1, 0.15) is 11.0 Å². The Morgan fingerprint density at radius 3 is 2.38 bits per heavy atom. The van der Waals surface area contributed by atoms with E-state index < -0.39 is 10.0 Å². The molecule has 0 saturated heterocycles. The molecule has 6 heteroatoms. The first kappa shape index (κ1) is 15.0. The van der Waals surface area contributed by atoms with Crippen molar-refractivity contribution in [2.45, 2.75) is 11.3 Å². The van der Waals surface area contributed by atoms with Crippen molar-refractivity contribution in [3.8, 4) is 6.07 Å². The number of benzene rings is 2. The molecule has 0 aliphatic carbocycles. The van der Waals surface area contributed by atoms with Gasteiger partial charge in [-0.3, -0.25) is 4.72 Å². The van der Waals surface area contributed by atoms with Gasteiger partial charge in [0.15, 0.2) is 0 Å². The quantitative estimate of drug-likeness (QED) is 0.882. The number of nitrogens with zero attached hydrogens (tertiary/aromatic N) is 1. The Hall–Kier alpha value is -2.36. The van der Waals surface area contributed by atoms with E-state index >= 15 is 0 Å². The van der Waals surface area contributed by atoms with Gasteiger partial charge in [-0.25, -0.2) is 8.42 Å². The van der Waals surface area contributed by atoms with Gasteiger partial charge in [0.05, 0.1) is 5.56 Å². The monoisotopic (exact) mass is 302 g/mol. The van der Waals surface area contributed by atoms with E-state index in [-0.39, 0.29) is 17.1 Å². The van der Waals surface area contributed by atoms with Crippen molar-refractivity contribution in [3.63, 3.8) is 0 Å². The maximum absolute atomic E-state index is 12.3. The predicted molar refractivity (Wildman–Crippen MR) is 79.2 cm³/mol. The van der Waals surface area contributed by atoms with Crippen molar-refractivity contribution in [3.05, 3.63) is 59.7 Å². The van der Waals surface area contributed by atoms with Gasteiger partial charge < -0.3 is 5.11 Å². The molecule has 0 aromatic heterocycles. The number of hydrogen-bond donors (Lipinski definition) is 2. The lowest BCUT2D eigenvalue weighted by atomic mass is 10.1. The highest BCUT2D eigenvalue weighted by molar-refractivity contribution is 7.92. The Labute approximate surface area is 123 Å². The summed E-state index contributed by atoms with van der Waals surface area (Å²) in [6.45, 7) is 0.0423. The minimum Gasteiger partial charge on any atom is -0.396 e. The molecule has 0 spiro atoms. The lowest BCUT2D eigenvalue weighted by molar-refractivity contribution is 0.299. The molecular formula is C15H14N2O3S. The van der Waals surface area contributed by atoms with E-state index in [1.807, 2.05) is 6.07 Å². The number of nitrogens with one attached hydrogen (secondary N) is 1. The second-order valence-corrected chi connectivity index (χ2v) is 6.03. The van der Waals surface area contributed by atoms with Crippen LogP contribution >= 0.6 is 0 Å². The Kier molecular flexibility index (Phi) is 4.58. The highest BCUT2D eigenvalue weighted by atomic mass is 32.2. The molecule has 21 heavy (non-hydrogen) atoms. The summed E-state index contributed by atoms with van der Waals surface area (Å²) in [5, 5.41) is 17.8. The molecule has 0 amide bonds. The third-order valence-electron chi connectivity index (χ3n) is 2.90. The number of anilines is 1. The van der Waals surface area contributed by atoms with Crippen LogP contribution in [0.5, 0.6) is 0 Å². The van der Waals surface area contributed by atoms with Crippen LogP contribution < -0.4 is 4.72 Å². The van der Waals surface area contributed by atoms with Gasteiger partial charge in [-0.2, -0.15) is 5.26 Å². The number of hydrogen-bond acceptors (Lipinski definition) is 4. The summed E-state index contributed by atoms with van der Waals surface area (Å²) in [7, 11) is -3.80. The summed E-state index contributed by atoms with van der Waals surface area (Å²) in [6, 6.07) is 14.6. The molecule has 2 N–H and O–H groups in total. The standard InChI is InChI=1S/C15H14N2O3S/c16-11-13-3-1-2-4-15(13)21(19,20)17-14-7-5-12(6-8-14)9-10-18/h1-8,17-18H,9-10H2. The Balaban J connectivity index is 2.27. The first-order valence-electron chi connectivity index (χ1n) is 6.28. The Morgan fingerprint density at radius 1 is 1.10 bits per heavy atom. The average molecular weight is 302 g/mol. The summed E-state index contributed by atoms with van der Waals surface area (Å²) in [4.78, 5) is -0.0491. The largest absolute Gasteiger partial charge is 0.396 e. The fourth-order valence-electron chi connectivity index (χ4n) is 1.87. The molecule has 0 saturated carbocycles. The molecule has 5 nitrogen and oxygen atoms in total. The first-order valence-corrected chi connectivity index (χ1v) is 7.77. The average Bonchev–Trinajstić information content (AvgIpc) is 2.49. The van der Waals surface area contributed by atoms with E-state index in [4.69, 9.17) is 10.4 Å². The van der Waals surface area contributed by atoms with E-state index in [1.165, 1.54) is 12.1 Å². The summed E-state index contributed by atoms with van der Waals surface area (Å²) in [5.74, 6) is 0. The minimum atomic E-state index is -3.80. The molecule has 0 bridgehead atoms. The van der Waals surface area contributed by atoms with Gasteiger partial charge in [0.25, 0.3) is 10.0 Å². The van der Waals surface area contributed by atoms with Crippen LogP contribution in [0.1, 0.15) is 11.1 Å². The second kappa shape index (κ2) is 6.39.